The largest absolute Gasteiger partial charge is 0.372 e. The summed E-state index contributed by atoms with van der Waals surface area (Å²) in [5, 5.41) is 3.24. The van der Waals surface area contributed by atoms with E-state index in [9.17, 15) is 13.2 Å². The molecule has 3 rings (SSSR count). The third kappa shape index (κ3) is 3.72. The molecule has 1 aromatic carbocycles. The fraction of sp³-hybridized carbons (Fsp3) is 0.533. The van der Waals surface area contributed by atoms with Crippen molar-refractivity contribution in [1.29, 1.82) is 0 Å². The van der Waals surface area contributed by atoms with Gasteiger partial charge in [0.2, 0.25) is 15.9 Å². The number of nitrogens with zero attached hydrogens (tertiary/aromatic N) is 1. The van der Waals surface area contributed by atoms with Gasteiger partial charge in [-0.1, -0.05) is 6.07 Å². The monoisotopic (exact) mass is 339 g/mol. The SMILES string of the molecule is CC1CN(C(=O)CNS(=O)(=O)c2ccc3c(c2)COC3)CCN1. The highest BCUT2D eigenvalue weighted by atomic mass is 32.2. The van der Waals surface area contributed by atoms with Crippen molar-refractivity contribution < 1.29 is 17.9 Å². The van der Waals surface area contributed by atoms with Gasteiger partial charge in [0.15, 0.2) is 0 Å². The van der Waals surface area contributed by atoms with Gasteiger partial charge in [0.05, 0.1) is 24.7 Å². The predicted molar refractivity (Wildman–Crippen MR) is 84.2 cm³/mol. The first-order chi connectivity index (χ1) is 11.0. The van der Waals surface area contributed by atoms with Gasteiger partial charge in [-0.15, -0.1) is 0 Å². The number of amides is 1. The first-order valence-electron chi connectivity index (χ1n) is 7.66. The maximum atomic E-state index is 12.3. The molecule has 126 valence electrons. The number of sulfonamides is 1. The molecule has 2 aliphatic rings. The normalized spacial score (nSPS) is 21.3. The second-order valence-electron chi connectivity index (χ2n) is 5.94. The van der Waals surface area contributed by atoms with Gasteiger partial charge in [-0.05, 0) is 30.2 Å². The molecule has 1 atom stereocenters. The highest BCUT2D eigenvalue weighted by Gasteiger charge is 2.23. The number of carbonyl (C=O) groups excluding carboxylic acids is 1. The third-order valence-corrected chi connectivity index (χ3v) is 5.54. The van der Waals surface area contributed by atoms with Crippen LogP contribution < -0.4 is 10.0 Å². The van der Waals surface area contributed by atoms with Gasteiger partial charge < -0.3 is 15.0 Å². The number of rotatable bonds is 4. The molecule has 0 spiro atoms. The topological polar surface area (TPSA) is 87.7 Å². The maximum absolute atomic E-state index is 12.3. The zero-order valence-corrected chi connectivity index (χ0v) is 13.9. The van der Waals surface area contributed by atoms with Gasteiger partial charge in [-0.2, -0.15) is 0 Å². The van der Waals surface area contributed by atoms with Crippen LogP contribution in [0.25, 0.3) is 0 Å². The molecule has 23 heavy (non-hydrogen) atoms. The lowest BCUT2D eigenvalue weighted by atomic mass is 10.1. The number of hydrogen-bond donors (Lipinski definition) is 2. The Labute approximate surface area is 136 Å². The maximum Gasteiger partial charge on any atom is 0.241 e. The summed E-state index contributed by atoms with van der Waals surface area (Å²) in [6, 6.07) is 5.15. The Hall–Kier alpha value is -1.48. The van der Waals surface area contributed by atoms with Crippen molar-refractivity contribution in [3.8, 4) is 0 Å². The number of carbonyl (C=O) groups is 1. The Morgan fingerprint density at radius 3 is 2.96 bits per heavy atom. The molecular formula is C15H21N3O4S. The van der Waals surface area contributed by atoms with E-state index in [4.69, 9.17) is 4.74 Å². The van der Waals surface area contributed by atoms with E-state index in [1.165, 1.54) is 0 Å². The zero-order chi connectivity index (χ0) is 16.4. The van der Waals surface area contributed by atoms with E-state index < -0.39 is 10.0 Å². The summed E-state index contributed by atoms with van der Waals surface area (Å²) in [5.41, 5.74) is 1.89. The second-order valence-corrected chi connectivity index (χ2v) is 7.71. The number of fused-ring (bicyclic) bond motifs is 1. The fourth-order valence-corrected chi connectivity index (χ4v) is 3.85. The van der Waals surface area contributed by atoms with E-state index >= 15 is 0 Å². The van der Waals surface area contributed by atoms with E-state index in [0.717, 1.165) is 17.7 Å². The second kappa shape index (κ2) is 6.56. The minimum Gasteiger partial charge on any atom is -0.372 e. The van der Waals surface area contributed by atoms with Crippen LogP contribution in [0.1, 0.15) is 18.1 Å². The Morgan fingerprint density at radius 2 is 2.17 bits per heavy atom. The number of hydrogen-bond acceptors (Lipinski definition) is 5. The van der Waals surface area contributed by atoms with E-state index in [0.29, 0.717) is 26.3 Å². The van der Waals surface area contributed by atoms with Gasteiger partial charge in [0.1, 0.15) is 0 Å². The Kier molecular flexibility index (Phi) is 4.67. The molecule has 7 nitrogen and oxygen atoms in total. The van der Waals surface area contributed by atoms with Crippen molar-refractivity contribution in [2.45, 2.75) is 31.1 Å². The number of benzene rings is 1. The van der Waals surface area contributed by atoms with E-state index in [1.807, 2.05) is 6.92 Å². The van der Waals surface area contributed by atoms with Crippen molar-refractivity contribution in [2.24, 2.45) is 0 Å². The third-order valence-electron chi connectivity index (χ3n) is 4.14. The van der Waals surface area contributed by atoms with Crippen LogP contribution in [-0.4, -0.2) is 51.4 Å². The van der Waals surface area contributed by atoms with Crippen molar-refractivity contribution in [1.82, 2.24) is 14.9 Å². The summed E-state index contributed by atoms with van der Waals surface area (Å²) >= 11 is 0. The molecule has 1 saturated heterocycles. The molecule has 0 aromatic heterocycles. The molecule has 1 aromatic rings. The predicted octanol–water partition coefficient (Wildman–Crippen LogP) is -0.185. The van der Waals surface area contributed by atoms with Crippen LogP contribution in [0, 0.1) is 0 Å². The quantitative estimate of drug-likeness (QED) is 0.794. The van der Waals surface area contributed by atoms with Crippen LogP contribution in [0.4, 0.5) is 0 Å². The lowest BCUT2D eigenvalue weighted by molar-refractivity contribution is -0.131. The van der Waals surface area contributed by atoms with Crippen LogP contribution >= 0.6 is 0 Å². The number of piperazine rings is 1. The van der Waals surface area contributed by atoms with Gasteiger partial charge in [0, 0.05) is 25.7 Å². The van der Waals surface area contributed by atoms with Crippen LogP contribution in [0.15, 0.2) is 23.1 Å². The first-order valence-corrected chi connectivity index (χ1v) is 9.14. The van der Waals surface area contributed by atoms with Crippen LogP contribution in [0.2, 0.25) is 0 Å². The smallest absolute Gasteiger partial charge is 0.241 e. The standard InChI is InChI=1S/C15H21N3O4S/c1-11-8-18(5-4-16-11)15(19)7-17-23(20,21)14-3-2-12-9-22-10-13(12)6-14/h2-3,6,11,16-17H,4-5,7-10H2,1H3. The van der Waals surface area contributed by atoms with Crippen molar-refractivity contribution in [3.63, 3.8) is 0 Å². The molecule has 2 aliphatic heterocycles. The zero-order valence-electron chi connectivity index (χ0n) is 13.0. The molecule has 0 radical (unpaired) electrons. The molecule has 8 heteroatoms. The molecule has 0 aliphatic carbocycles. The average molecular weight is 339 g/mol. The molecule has 1 amide bonds. The fourth-order valence-electron chi connectivity index (χ4n) is 2.83. The molecule has 0 bridgehead atoms. The molecule has 0 saturated carbocycles. The van der Waals surface area contributed by atoms with E-state index in [-0.39, 0.29) is 23.4 Å². The van der Waals surface area contributed by atoms with Gasteiger partial charge in [-0.3, -0.25) is 4.79 Å². The summed E-state index contributed by atoms with van der Waals surface area (Å²) < 4.78 is 32.4. The van der Waals surface area contributed by atoms with E-state index in [1.54, 1.807) is 23.1 Å². The van der Waals surface area contributed by atoms with Gasteiger partial charge in [0.25, 0.3) is 0 Å². The minimum absolute atomic E-state index is 0.170. The molecular weight excluding hydrogens is 318 g/mol. The van der Waals surface area contributed by atoms with Gasteiger partial charge in [-0.25, -0.2) is 13.1 Å². The summed E-state index contributed by atoms with van der Waals surface area (Å²) in [4.78, 5) is 14.0. The Bertz CT molecular complexity index is 705. The highest BCUT2D eigenvalue weighted by Crippen LogP contribution is 2.22. The average Bonchev–Trinajstić information content (AvgIpc) is 3.00. The first kappa shape index (κ1) is 16.4. The molecule has 2 heterocycles. The van der Waals surface area contributed by atoms with Crippen LogP contribution in [0.5, 0.6) is 0 Å². The van der Waals surface area contributed by atoms with Crippen LogP contribution in [-0.2, 0) is 32.8 Å². The minimum atomic E-state index is -3.70. The summed E-state index contributed by atoms with van der Waals surface area (Å²) in [6.07, 6.45) is 0. The number of nitrogens with one attached hydrogen (secondary N) is 2. The molecule has 2 N–H and O–H groups in total. The van der Waals surface area contributed by atoms with Crippen molar-refractivity contribution >= 4 is 15.9 Å². The Balaban J connectivity index is 1.63. The van der Waals surface area contributed by atoms with E-state index in [2.05, 4.69) is 10.0 Å². The summed E-state index contributed by atoms with van der Waals surface area (Å²) in [7, 11) is -3.70. The molecule has 1 fully saturated rings. The molecule has 1 unspecified atom stereocenters. The van der Waals surface area contributed by atoms with Crippen molar-refractivity contribution in [2.75, 3.05) is 26.2 Å². The van der Waals surface area contributed by atoms with Gasteiger partial charge >= 0.3 is 0 Å². The lowest BCUT2D eigenvalue weighted by Crippen LogP contribution is -2.53. The van der Waals surface area contributed by atoms with Crippen molar-refractivity contribution in [3.05, 3.63) is 29.3 Å². The summed E-state index contributed by atoms with van der Waals surface area (Å²) in [5.74, 6) is -0.202. The highest BCUT2D eigenvalue weighted by molar-refractivity contribution is 7.89. The Morgan fingerprint density at radius 1 is 1.39 bits per heavy atom. The summed E-state index contributed by atoms with van der Waals surface area (Å²) in [6.45, 7) is 4.64. The number of ether oxygens (including phenoxy) is 1. The lowest BCUT2D eigenvalue weighted by Gasteiger charge is -2.31. The van der Waals surface area contributed by atoms with Crippen LogP contribution in [0.3, 0.4) is 0 Å².